The van der Waals surface area contributed by atoms with Crippen molar-refractivity contribution in [2.45, 2.75) is 39.8 Å². The van der Waals surface area contributed by atoms with Gasteiger partial charge in [-0.05, 0) is 78.9 Å². The lowest BCUT2D eigenvalue weighted by Crippen LogP contribution is -2.53. The average molecular weight is 664 g/mol. The number of imide groups is 2. The van der Waals surface area contributed by atoms with Gasteiger partial charge in [-0.15, -0.1) is 6.58 Å². The molecular formula is C34H35BrN2O7. The summed E-state index contributed by atoms with van der Waals surface area (Å²) >= 11 is 3.44. The lowest BCUT2D eigenvalue weighted by Gasteiger charge is -2.26. The number of nitrogens with one attached hydrogen (secondary N) is 1. The van der Waals surface area contributed by atoms with E-state index in [2.05, 4.69) is 27.8 Å². The van der Waals surface area contributed by atoms with E-state index >= 15 is 0 Å². The molecule has 0 unspecified atom stereocenters. The SMILES string of the molecule is C=CCc1cc(/C=C2\C(=O)NC(=O)N(Cc3ccc(OCCC)c(OC)c3)C2=O)cc(OCC)c1OCc1ccc(Br)cc1. The zero-order valence-corrected chi connectivity index (χ0v) is 26.6. The number of benzene rings is 3. The zero-order valence-electron chi connectivity index (χ0n) is 25.0. The molecule has 44 heavy (non-hydrogen) atoms. The molecule has 0 bridgehead atoms. The van der Waals surface area contributed by atoms with Crippen LogP contribution >= 0.6 is 15.9 Å². The van der Waals surface area contributed by atoms with Crippen molar-refractivity contribution in [3.05, 3.63) is 99.6 Å². The van der Waals surface area contributed by atoms with E-state index in [1.165, 1.54) is 13.2 Å². The summed E-state index contributed by atoms with van der Waals surface area (Å²) < 4.78 is 24.2. The van der Waals surface area contributed by atoms with Crippen LogP contribution in [-0.4, -0.2) is 43.1 Å². The van der Waals surface area contributed by atoms with Gasteiger partial charge in [-0.1, -0.05) is 47.1 Å². The maximum atomic E-state index is 13.5. The van der Waals surface area contributed by atoms with Gasteiger partial charge in [0.25, 0.3) is 11.8 Å². The molecule has 4 rings (SSSR count). The van der Waals surface area contributed by atoms with Gasteiger partial charge >= 0.3 is 6.03 Å². The summed E-state index contributed by atoms with van der Waals surface area (Å²) in [7, 11) is 1.52. The second kappa shape index (κ2) is 15.2. The average Bonchev–Trinajstić information content (AvgIpc) is 3.01. The Bertz CT molecular complexity index is 1570. The number of urea groups is 1. The second-order valence-electron chi connectivity index (χ2n) is 9.89. The molecule has 1 N–H and O–H groups in total. The quantitative estimate of drug-likeness (QED) is 0.118. The number of hydrogen-bond acceptors (Lipinski definition) is 7. The highest BCUT2D eigenvalue weighted by molar-refractivity contribution is 9.10. The number of barbiturate groups is 1. The first-order valence-electron chi connectivity index (χ1n) is 14.2. The van der Waals surface area contributed by atoms with Crippen LogP contribution in [0, 0.1) is 0 Å². The fourth-order valence-electron chi connectivity index (χ4n) is 4.57. The molecule has 9 nitrogen and oxygen atoms in total. The van der Waals surface area contributed by atoms with Crippen molar-refractivity contribution < 1.29 is 33.3 Å². The molecule has 10 heteroatoms. The summed E-state index contributed by atoms with van der Waals surface area (Å²) in [6.07, 6.45) is 4.48. The van der Waals surface area contributed by atoms with Crippen LogP contribution in [0.25, 0.3) is 6.08 Å². The number of nitrogens with zero attached hydrogens (tertiary/aromatic N) is 1. The molecule has 0 saturated carbocycles. The molecule has 1 saturated heterocycles. The van der Waals surface area contributed by atoms with Crippen LogP contribution in [0.2, 0.25) is 0 Å². The van der Waals surface area contributed by atoms with Gasteiger partial charge in [0.1, 0.15) is 12.2 Å². The topological polar surface area (TPSA) is 103 Å². The minimum atomic E-state index is -0.804. The predicted molar refractivity (Wildman–Crippen MR) is 171 cm³/mol. The van der Waals surface area contributed by atoms with Gasteiger partial charge in [-0.2, -0.15) is 0 Å². The zero-order chi connectivity index (χ0) is 31.6. The highest BCUT2D eigenvalue weighted by atomic mass is 79.9. The standard InChI is InChI=1S/C34H35BrN2O7/c1-5-8-25-16-24(19-30(42-7-3)31(25)44-21-22-9-12-26(35)13-10-22)17-27-32(38)36-34(40)37(33(27)39)20-23-11-14-28(43-15-6-2)29(18-23)41-4/h5,9-14,16-19H,1,6-8,15,20-21H2,2-4H3,(H,36,38,40)/b27-17+. The lowest BCUT2D eigenvalue weighted by molar-refractivity contribution is -0.130. The Morgan fingerprint density at radius 2 is 1.66 bits per heavy atom. The molecule has 0 radical (unpaired) electrons. The fourth-order valence-corrected chi connectivity index (χ4v) is 4.83. The van der Waals surface area contributed by atoms with Gasteiger partial charge in [-0.3, -0.25) is 19.8 Å². The first kappa shape index (κ1) is 32.3. The molecule has 0 aromatic heterocycles. The van der Waals surface area contributed by atoms with Crippen LogP contribution in [0.5, 0.6) is 23.0 Å². The molecule has 1 aliphatic heterocycles. The van der Waals surface area contributed by atoms with Crippen molar-refractivity contribution in [3.8, 4) is 23.0 Å². The summed E-state index contributed by atoms with van der Waals surface area (Å²) in [5.41, 5.74) is 2.72. The van der Waals surface area contributed by atoms with E-state index in [0.29, 0.717) is 60.4 Å². The number of ether oxygens (including phenoxy) is 4. The highest BCUT2D eigenvalue weighted by Crippen LogP contribution is 2.36. The Kier molecular flexibility index (Phi) is 11.2. The largest absolute Gasteiger partial charge is 0.493 e. The third-order valence-electron chi connectivity index (χ3n) is 6.64. The first-order chi connectivity index (χ1) is 21.3. The van der Waals surface area contributed by atoms with E-state index in [-0.39, 0.29) is 12.1 Å². The Balaban J connectivity index is 1.63. The number of amides is 4. The van der Waals surface area contributed by atoms with E-state index in [0.717, 1.165) is 26.9 Å². The number of rotatable bonds is 14. The van der Waals surface area contributed by atoms with Crippen LogP contribution < -0.4 is 24.3 Å². The van der Waals surface area contributed by atoms with Crippen LogP contribution in [-0.2, 0) is 29.2 Å². The van der Waals surface area contributed by atoms with Gasteiger partial charge in [0, 0.05) is 10.0 Å². The minimum Gasteiger partial charge on any atom is -0.493 e. The fraction of sp³-hybridized carbons (Fsp3) is 0.265. The molecular weight excluding hydrogens is 628 g/mol. The molecule has 0 aliphatic carbocycles. The van der Waals surface area contributed by atoms with Gasteiger partial charge in [0.2, 0.25) is 0 Å². The van der Waals surface area contributed by atoms with Crippen molar-refractivity contribution in [2.24, 2.45) is 0 Å². The van der Waals surface area contributed by atoms with Gasteiger partial charge in [0.15, 0.2) is 23.0 Å². The van der Waals surface area contributed by atoms with Crippen LogP contribution in [0.15, 0.2) is 77.3 Å². The Morgan fingerprint density at radius 1 is 0.909 bits per heavy atom. The van der Waals surface area contributed by atoms with E-state index in [9.17, 15) is 14.4 Å². The maximum Gasteiger partial charge on any atom is 0.331 e. The number of allylic oxidation sites excluding steroid dienone is 1. The Morgan fingerprint density at radius 3 is 2.34 bits per heavy atom. The number of hydrogen-bond donors (Lipinski definition) is 1. The Hall–Kier alpha value is -4.57. The van der Waals surface area contributed by atoms with Gasteiger partial charge in [0.05, 0.1) is 26.9 Å². The van der Waals surface area contributed by atoms with E-state index in [4.69, 9.17) is 18.9 Å². The van der Waals surface area contributed by atoms with Gasteiger partial charge in [-0.25, -0.2) is 4.79 Å². The summed E-state index contributed by atoms with van der Waals surface area (Å²) in [6, 6.07) is 15.7. The molecule has 3 aromatic rings. The molecule has 0 spiro atoms. The number of halogens is 1. The molecule has 230 valence electrons. The van der Waals surface area contributed by atoms with Crippen molar-refractivity contribution in [2.75, 3.05) is 20.3 Å². The van der Waals surface area contributed by atoms with E-state index in [1.807, 2.05) is 44.2 Å². The van der Waals surface area contributed by atoms with Crippen molar-refractivity contribution in [1.82, 2.24) is 10.2 Å². The highest BCUT2D eigenvalue weighted by Gasteiger charge is 2.36. The van der Waals surface area contributed by atoms with E-state index < -0.39 is 17.8 Å². The third-order valence-corrected chi connectivity index (χ3v) is 7.17. The molecule has 3 aromatic carbocycles. The molecule has 1 heterocycles. The monoisotopic (exact) mass is 662 g/mol. The van der Waals surface area contributed by atoms with Gasteiger partial charge < -0.3 is 18.9 Å². The summed E-state index contributed by atoms with van der Waals surface area (Å²) in [4.78, 5) is 40.1. The molecule has 1 fully saturated rings. The minimum absolute atomic E-state index is 0.0750. The molecule has 0 atom stereocenters. The second-order valence-corrected chi connectivity index (χ2v) is 10.8. The Labute approximate surface area is 265 Å². The predicted octanol–water partition coefficient (Wildman–Crippen LogP) is 6.61. The van der Waals surface area contributed by atoms with Crippen molar-refractivity contribution in [3.63, 3.8) is 0 Å². The number of carbonyl (C=O) groups excluding carboxylic acids is 3. The van der Waals surface area contributed by atoms with Crippen molar-refractivity contribution >= 4 is 39.9 Å². The molecule has 4 amide bonds. The van der Waals surface area contributed by atoms with E-state index in [1.54, 1.807) is 30.3 Å². The summed E-state index contributed by atoms with van der Waals surface area (Å²) in [6.45, 7) is 8.85. The van der Waals surface area contributed by atoms with Crippen molar-refractivity contribution in [1.29, 1.82) is 0 Å². The summed E-state index contributed by atoms with van der Waals surface area (Å²) in [5.74, 6) is 0.554. The summed E-state index contributed by atoms with van der Waals surface area (Å²) in [5, 5.41) is 2.28. The number of carbonyl (C=O) groups is 3. The van der Waals surface area contributed by atoms with Crippen LogP contribution in [0.4, 0.5) is 4.79 Å². The van der Waals surface area contributed by atoms with Crippen LogP contribution in [0.3, 0.4) is 0 Å². The van der Waals surface area contributed by atoms with Crippen LogP contribution in [0.1, 0.15) is 42.5 Å². The molecule has 1 aliphatic rings. The maximum absolute atomic E-state index is 13.5. The third kappa shape index (κ3) is 7.87. The smallest absolute Gasteiger partial charge is 0.331 e. The normalized spacial score (nSPS) is 14.0. The lowest BCUT2D eigenvalue weighted by atomic mass is 10.0. The first-order valence-corrected chi connectivity index (χ1v) is 15.0. The number of methoxy groups -OCH3 is 1.